The van der Waals surface area contributed by atoms with Crippen molar-refractivity contribution in [3.63, 3.8) is 0 Å². The molecule has 2 rings (SSSR count). The van der Waals surface area contributed by atoms with Gasteiger partial charge in [-0.1, -0.05) is 12.8 Å². The van der Waals surface area contributed by atoms with Gasteiger partial charge in [-0.3, -0.25) is 4.79 Å². The highest BCUT2D eigenvalue weighted by Crippen LogP contribution is 2.26. The van der Waals surface area contributed by atoms with Crippen LogP contribution in [0, 0.1) is 5.92 Å². The Morgan fingerprint density at radius 2 is 1.94 bits per heavy atom. The van der Waals surface area contributed by atoms with Crippen LogP contribution in [0.2, 0.25) is 0 Å². The van der Waals surface area contributed by atoms with E-state index in [-0.39, 0.29) is 5.92 Å². The molecule has 0 aromatic rings. The minimum Gasteiger partial charge on any atom is -0.343 e. The third-order valence-corrected chi connectivity index (χ3v) is 4.19. The summed E-state index contributed by atoms with van der Waals surface area (Å²) in [6, 6.07) is 1.03. The fraction of sp³-hybridized carbons (Fsp3) is 0.923. The minimum atomic E-state index is 0.266. The molecule has 0 aromatic heterocycles. The maximum atomic E-state index is 12.3. The smallest absolute Gasteiger partial charge is 0.225 e. The molecule has 16 heavy (non-hydrogen) atoms. The summed E-state index contributed by atoms with van der Waals surface area (Å²) in [5, 5.41) is 3.40. The predicted molar refractivity (Wildman–Crippen MR) is 65.2 cm³/mol. The quantitative estimate of drug-likeness (QED) is 0.775. The average molecular weight is 224 g/mol. The molecule has 2 atom stereocenters. The van der Waals surface area contributed by atoms with Crippen LogP contribution in [0.1, 0.15) is 45.4 Å². The lowest BCUT2D eigenvalue weighted by atomic mass is 9.91. The van der Waals surface area contributed by atoms with E-state index in [2.05, 4.69) is 12.2 Å². The summed E-state index contributed by atoms with van der Waals surface area (Å²) in [6.07, 6.45) is 7.04. The van der Waals surface area contributed by atoms with Crippen molar-refractivity contribution >= 4 is 5.91 Å². The van der Waals surface area contributed by atoms with Crippen molar-refractivity contribution in [2.24, 2.45) is 5.92 Å². The van der Waals surface area contributed by atoms with Gasteiger partial charge in [-0.15, -0.1) is 0 Å². The summed E-state index contributed by atoms with van der Waals surface area (Å²) in [7, 11) is 2.00. The molecular formula is C13H24N2O. The zero-order valence-corrected chi connectivity index (χ0v) is 10.5. The molecule has 0 spiro atoms. The molecular weight excluding hydrogens is 200 g/mol. The van der Waals surface area contributed by atoms with E-state index in [1.807, 2.05) is 11.9 Å². The molecule has 1 aliphatic carbocycles. The first kappa shape index (κ1) is 11.9. The molecule has 0 radical (unpaired) electrons. The van der Waals surface area contributed by atoms with Crippen LogP contribution in [-0.4, -0.2) is 36.5 Å². The maximum Gasteiger partial charge on any atom is 0.225 e. The number of nitrogens with one attached hydrogen (secondary N) is 1. The number of carbonyl (C=O) groups is 1. The fourth-order valence-corrected chi connectivity index (χ4v) is 3.12. The van der Waals surface area contributed by atoms with Crippen molar-refractivity contribution in [3.8, 4) is 0 Å². The number of piperidine rings is 1. The zero-order valence-electron chi connectivity index (χ0n) is 10.5. The number of hydrogen-bond acceptors (Lipinski definition) is 2. The van der Waals surface area contributed by atoms with Gasteiger partial charge in [0, 0.05) is 25.0 Å². The summed E-state index contributed by atoms with van der Waals surface area (Å²) in [4.78, 5) is 14.4. The first-order valence-electron chi connectivity index (χ1n) is 6.68. The Morgan fingerprint density at radius 3 is 2.56 bits per heavy atom. The summed E-state index contributed by atoms with van der Waals surface area (Å²) < 4.78 is 0. The normalized spacial score (nSPS) is 31.6. The standard InChI is InChI=1S/C13H24N2O/c1-10-9-11(7-8-14-10)13(16)15(2)12-5-3-4-6-12/h10-12,14H,3-9H2,1-2H3/t10-,11-/m0/s1. The van der Waals surface area contributed by atoms with Crippen molar-refractivity contribution in [1.82, 2.24) is 10.2 Å². The molecule has 2 fully saturated rings. The van der Waals surface area contributed by atoms with Crippen LogP contribution in [0.4, 0.5) is 0 Å². The van der Waals surface area contributed by atoms with Crippen LogP contribution in [0.15, 0.2) is 0 Å². The molecule has 3 heteroatoms. The molecule has 1 saturated carbocycles. The second-order valence-corrected chi connectivity index (χ2v) is 5.46. The van der Waals surface area contributed by atoms with Gasteiger partial charge in [-0.05, 0) is 39.2 Å². The Hall–Kier alpha value is -0.570. The van der Waals surface area contributed by atoms with Crippen molar-refractivity contribution in [2.75, 3.05) is 13.6 Å². The number of nitrogens with zero attached hydrogens (tertiary/aromatic N) is 1. The largest absolute Gasteiger partial charge is 0.343 e. The molecule has 0 unspecified atom stereocenters. The molecule has 2 aliphatic rings. The van der Waals surface area contributed by atoms with E-state index in [1.165, 1.54) is 25.7 Å². The molecule has 1 amide bonds. The Bertz CT molecular complexity index is 244. The van der Waals surface area contributed by atoms with E-state index >= 15 is 0 Å². The molecule has 1 saturated heterocycles. The Labute approximate surface area is 98.6 Å². The highest BCUT2D eigenvalue weighted by Gasteiger charge is 2.31. The molecule has 0 bridgehead atoms. The number of carbonyl (C=O) groups excluding carboxylic acids is 1. The van der Waals surface area contributed by atoms with E-state index in [0.29, 0.717) is 18.0 Å². The van der Waals surface area contributed by atoms with Gasteiger partial charge >= 0.3 is 0 Å². The lowest BCUT2D eigenvalue weighted by Gasteiger charge is -2.33. The SMILES string of the molecule is C[C@H]1C[C@@H](C(=O)N(C)C2CCCC2)CCN1. The van der Waals surface area contributed by atoms with E-state index < -0.39 is 0 Å². The number of amides is 1. The summed E-state index contributed by atoms with van der Waals surface area (Å²) >= 11 is 0. The third kappa shape index (κ3) is 2.57. The summed E-state index contributed by atoms with van der Waals surface area (Å²) in [6.45, 7) is 3.17. The van der Waals surface area contributed by atoms with Crippen LogP contribution in [0.3, 0.4) is 0 Å². The van der Waals surface area contributed by atoms with Gasteiger partial charge in [0.1, 0.15) is 0 Å². The van der Waals surface area contributed by atoms with Gasteiger partial charge in [-0.25, -0.2) is 0 Å². The molecule has 0 aromatic carbocycles. The van der Waals surface area contributed by atoms with E-state index in [0.717, 1.165) is 19.4 Å². The van der Waals surface area contributed by atoms with E-state index in [1.54, 1.807) is 0 Å². The highest BCUT2D eigenvalue weighted by atomic mass is 16.2. The molecule has 1 aliphatic heterocycles. The number of hydrogen-bond donors (Lipinski definition) is 1. The number of rotatable bonds is 2. The Kier molecular flexibility index (Phi) is 3.85. The van der Waals surface area contributed by atoms with Crippen molar-refractivity contribution in [2.45, 2.75) is 57.5 Å². The predicted octanol–water partition coefficient (Wildman–Crippen LogP) is 1.78. The fourth-order valence-electron chi connectivity index (χ4n) is 3.12. The van der Waals surface area contributed by atoms with Gasteiger partial charge in [0.15, 0.2) is 0 Å². The first-order valence-corrected chi connectivity index (χ1v) is 6.68. The minimum absolute atomic E-state index is 0.266. The Balaban J connectivity index is 1.89. The van der Waals surface area contributed by atoms with Crippen molar-refractivity contribution < 1.29 is 4.79 Å². The monoisotopic (exact) mass is 224 g/mol. The van der Waals surface area contributed by atoms with Gasteiger partial charge < -0.3 is 10.2 Å². The molecule has 92 valence electrons. The van der Waals surface area contributed by atoms with Gasteiger partial charge in [0.05, 0.1) is 0 Å². The van der Waals surface area contributed by atoms with Crippen LogP contribution in [0.25, 0.3) is 0 Å². The lowest BCUT2D eigenvalue weighted by molar-refractivity contribution is -0.137. The molecule has 1 heterocycles. The molecule has 1 N–H and O–H groups in total. The second kappa shape index (κ2) is 5.17. The topological polar surface area (TPSA) is 32.3 Å². The second-order valence-electron chi connectivity index (χ2n) is 5.46. The average Bonchev–Trinajstić information content (AvgIpc) is 2.80. The van der Waals surface area contributed by atoms with Crippen LogP contribution in [-0.2, 0) is 4.79 Å². The van der Waals surface area contributed by atoms with Crippen molar-refractivity contribution in [3.05, 3.63) is 0 Å². The van der Waals surface area contributed by atoms with Gasteiger partial charge in [0.2, 0.25) is 5.91 Å². The lowest BCUT2D eigenvalue weighted by Crippen LogP contribution is -2.45. The maximum absolute atomic E-state index is 12.3. The van der Waals surface area contributed by atoms with E-state index in [4.69, 9.17) is 0 Å². The summed E-state index contributed by atoms with van der Waals surface area (Å²) in [5.74, 6) is 0.655. The summed E-state index contributed by atoms with van der Waals surface area (Å²) in [5.41, 5.74) is 0. The first-order chi connectivity index (χ1) is 7.68. The third-order valence-electron chi connectivity index (χ3n) is 4.19. The zero-order chi connectivity index (χ0) is 11.5. The highest BCUT2D eigenvalue weighted by molar-refractivity contribution is 5.79. The van der Waals surface area contributed by atoms with Gasteiger partial charge in [0.25, 0.3) is 0 Å². The van der Waals surface area contributed by atoms with Crippen LogP contribution < -0.4 is 5.32 Å². The Morgan fingerprint density at radius 1 is 1.25 bits per heavy atom. The van der Waals surface area contributed by atoms with Crippen LogP contribution >= 0.6 is 0 Å². The van der Waals surface area contributed by atoms with E-state index in [9.17, 15) is 4.79 Å². The molecule has 3 nitrogen and oxygen atoms in total. The van der Waals surface area contributed by atoms with Crippen molar-refractivity contribution in [1.29, 1.82) is 0 Å². The van der Waals surface area contributed by atoms with Gasteiger partial charge in [-0.2, -0.15) is 0 Å². The van der Waals surface area contributed by atoms with Crippen LogP contribution in [0.5, 0.6) is 0 Å².